The van der Waals surface area contributed by atoms with Crippen LogP contribution in [0.1, 0.15) is 20.3 Å². The van der Waals surface area contributed by atoms with Crippen molar-refractivity contribution >= 4 is 12.6 Å². The van der Waals surface area contributed by atoms with E-state index in [0.29, 0.717) is 13.2 Å². The van der Waals surface area contributed by atoms with E-state index in [1.54, 1.807) is 0 Å². The highest BCUT2D eigenvalue weighted by Gasteiger charge is 1.93. The molecule has 0 heterocycles. The molecule has 2 rings (SSSR count). The summed E-state index contributed by atoms with van der Waals surface area (Å²) in [6, 6.07) is 19.7. The van der Waals surface area contributed by atoms with Crippen molar-refractivity contribution in [3.8, 4) is 11.5 Å². The zero-order valence-electron chi connectivity index (χ0n) is 13.7. The quantitative estimate of drug-likeness (QED) is 0.598. The van der Waals surface area contributed by atoms with Gasteiger partial charge in [-0.2, -0.15) is 0 Å². The molecule has 124 valence electrons. The lowest BCUT2D eigenvalue weighted by atomic mass is 10.3. The summed E-state index contributed by atoms with van der Waals surface area (Å²) < 4.78 is 11.1. The van der Waals surface area contributed by atoms with Gasteiger partial charge >= 0.3 is 0 Å². The lowest BCUT2D eigenvalue weighted by Crippen LogP contribution is -2.04. The van der Waals surface area contributed by atoms with Crippen LogP contribution in [0, 0.1) is 0 Å². The van der Waals surface area contributed by atoms with E-state index >= 15 is 0 Å². The number of para-hydroxylation sites is 2. The number of hydrogen-bond donors (Lipinski definition) is 0. The summed E-state index contributed by atoms with van der Waals surface area (Å²) in [4.78, 5) is 17.6. The van der Waals surface area contributed by atoms with Crippen LogP contribution in [0.15, 0.2) is 60.7 Å². The van der Waals surface area contributed by atoms with Gasteiger partial charge in [0.15, 0.2) is 0 Å². The average molecular weight is 316 g/mol. The highest BCUT2D eigenvalue weighted by molar-refractivity contribution is 5.44. The fraction of sp³-hybridized carbons (Fsp3) is 0.263. The second kappa shape index (κ2) is 15.8. The standard InChI is InChI=1S/C15H16O2.2C2H4O/c1-3-8-14(9-4-1)16-12-7-13-17-15-10-5-2-6-11-15;2*1-2-3/h1-6,8-11H,7,12-13H2;2*2H,1H3. The van der Waals surface area contributed by atoms with Gasteiger partial charge in [-0.25, -0.2) is 0 Å². The van der Waals surface area contributed by atoms with E-state index in [1.807, 2.05) is 60.7 Å². The van der Waals surface area contributed by atoms with Gasteiger partial charge in [-0.3, -0.25) is 0 Å². The number of carbonyl (C=O) groups is 2. The Balaban J connectivity index is 0.000000704. The maximum absolute atomic E-state index is 8.81. The van der Waals surface area contributed by atoms with Crippen LogP contribution in [0.2, 0.25) is 0 Å². The summed E-state index contributed by atoms with van der Waals surface area (Å²) in [6.45, 7) is 4.24. The minimum absolute atomic E-state index is 0.677. The molecule has 0 unspecified atom stereocenters. The highest BCUT2D eigenvalue weighted by Crippen LogP contribution is 2.10. The van der Waals surface area contributed by atoms with Crippen molar-refractivity contribution in [2.24, 2.45) is 0 Å². The molecule has 0 fully saturated rings. The molecule has 0 aliphatic rings. The predicted octanol–water partition coefficient (Wildman–Crippen LogP) is 3.94. The van der Waals surface area contributed by atoms with Gasteiger partial charge < -0.3 is 19.1 Å². The average Bonchev–Trinajstić information content (AvgIpc) is 2.58. The molecule has 0 atom stereocenters. The van der Waals surface area contributed by atoms with E-state index in [9.17, 15) is 0 Å². The van der Waals surface area contributed by atoms with Gasteiger partial charge in [-0.15, -0.1) is 0 Å². The summed E-state index contributed by atoms with van der Waals surface area (Å²) in [5.74, 6) is 1.82. The Morgan fingerprint density at radius 3 is 1.30 bits per heavy atom. The van der Waals surface area contributed by atoms with Crippen molar-refractivity contribution in [1.29, 1.82) is 0 Å². The van der Waals surface area contributed by atoms with Crippen LogP contribution in [0.25, 0.3) is 0 Å². The summed E-state index contributed by atoms with van der Waals surface area (Å²) in [6.07, 6.45) is 2.38. The van der Waals surface area contributed by atoms with E-state index in [1.165, 1.54) is 13.8 Å². The lowest BCUT2D eigenvalue weighted by molar-refractivity contribution is -0.106. The summed E-state index contributed by atoms with van der Waals surface area (Å²) in [5.41, 5.74) is 0. The SMILES string of the molecule is CC=O.CC=O.c1ccc(OCCCOc2ccccc2)cc1. The minimum Gasteiger partial charge on any atom is -0.493 e. The van der Waals surface area contributed by atoms with Crippen molar-refractivity contribution in [2.75, 3.05) is 13.2 Å². The van der Waals surface area contributed by atoms with Gasteiger partial charge in [0.2, 0.25) is 0 Å². The molecule has 4 nitrogen and oxygen atoms in total. The lowest BCUT2D eigenvalue weighted by Gasteiger charge is -2.07. The van der Waals surface area contributed by atoms with Gasteiger partial charge in [0.1, 0.15) is 24.1 Å². The zero-order valence-corrected chi connectivity index (χ0v) is 13.7. The Bertz CT molecular complexity index is 450. The molecule has 0 radical (unpaired) electrons. The van der Waals surface area contributed by atoms with Crippen LogP contribution in [0.5, 0.6) is 11.5 Å². The Kier molecular flexibility index (Phi) is 14.0. The summed E-state index contributed by atoms with van der Waals surface area (Å²) >= 11 is 0. The first kappa shape index (κ1) is 20.4. The van der Waals surface area contributed by atoms with Crippen LogP contribution >= 0.6 is 0 Å². The smallest absolute Gasteiger partial charge is 0.119 e. The first-order chi connectivity index (χ1) is 11.3. The summed E-state index contributed by atoms with van der Waals surface area (Å²) in [7, 11) is 0. The second-order valence-corrected chi connectivity index (χ2v) is 4.15. The Morgan fingerprint density at radius 1 is 0.696 bits per heavy atom. The number of benzene rings is 2. The van der Waals surface area contributed by atoms with Gasteiger partial charge in [0, 0.05) is 6.42 Å². The molecule has 0 amide bonds. The Labute approximate surface area is 138 Å². The minimum atomic E-state index is 0.677. The van der Waals surface area contributed by atoms with Crippen molar-refractivity contribution in [1.82, 2.24) is 0 Å². The maximum atomic E-state index is 8.81. The Morgan fingerprint density at radius 2 is 1.00 bits per heavy atom. The van der Waals surface area contributed by atoms with Crippen molar-refractivity contribution in [3.05, 3.63) is 60.7 Å². The first-order valence-electron chi connectivity index (χ1n) is 7.43. The summed E-state index contributed by atoms with van der Waals surface area (Å²) in [5, 5.41) is 0. The molecule has 2 aromatic carbocycles. The topological polar surface area (TPSA) is 52.6 Å². The number of aldehydes is 2. The highest BCUT2D eigenvalue weighted by atomic mass is 16.5. The third-order valence-corrected chi connectivity index (χ3v) is 2.31. The van der Waals surface area contributed by atoms with E-state index < -0.39 is 0 Å². The normalized spacial score (nSPS) is 8.43. The molecule has 0 aromatic heterocycles. The van der Waals surface area contributed by atoms with Crippen LogP contribution < -0.4 is 9.47 Å². The van der Waals surface area contributed by atoms with Crippen molar-refractivity contribution in [2.45, 2.75) is 20.3 Å². The van der Waals surface area contributed by atoms with Crippen molar-refractivity contribution in [3.63, 3.8) is 0 Å². The van der Waals surface area contributed by atoms with E-state index in [-0.39, 0.29) is 0 Å². The predicted molar refractivity (Wildman–Crippen MR) is 92.0 cm³/mol. The number of ether oxygens (including phenoxy) is 2. The molecular formula is C19H24O4. The number of carbonyl (C=O) groups excluding carboxylic acids is 2. The monoisotopic (exact) mass is 316 g/mol. The molecule has 0 saturated heterocycles. The molecule has 0 aliphatic carbocycles. The molecule has 4 heteroatoms. The zero-order chi connectivity index (χ0) is 17.2. The van der Waals surface area contributed by atoms with Crippen LogP contribution in [0.3, 0.4) is 0 Å². The maximum Gasteiger partial charge on any atom is 0.119 e. The van der Waals surface area contributed by atoms with E-state index in [4.69, 9.17) is 19.1 Å². The fourth-order valence-corrected chi connectivity index (χ4v) is 1.47. The largest absolute Gasteiger partial charge is 0.493 e. The molecule has 0 spiro atoms. The third-order valence-electron chi connectivity index (χ3n) is 2.31. The van der Waals surface area contributed by atoms with Gasteiger partial charge in [-0.05, 0) is 38.1 Å². The molecule has 0 bridgehead atoms. The van der Waals surface area contributed by atoms with Gasteiger partial charge in [0.05, 0.1) is 13.2 Å². The molecular weight excluding hydrogens is 292 g/mol. The van der Waals surface area contributed by atoms with Crippen LogP contribution in [-0.4, -0.2) is 25.8 Å². The molecule has 23 heavy (non-hydrogen) atoms. The van der Waals surface area contributed by atoms with Crippen molar-refractivity contribution < 1.29 is 19.1 Å². The second-order valence-electron chi connectivity index (χ2n) is 4.15. The number of rotatable bonds is 6. The Hall–Kier alpha value is -2.62. The third kappa shape index (κ3) is 12.8. The van der Waals surface area contributed by atoms with Crippen LogP contribution in [0.4, 0.5) is 0 Å². The van der Waals surface area contributed by atoms with E-state index in [0.717, 1.165) is 30.5 Å². The number of hydrogen-bond acceptors (Lipinski definition) is 4. The molecule has 2 aromatic rings. The first-order valence-corrected chi connectivity index (χ1v) is 7.43. The van der Waals surface area contributed by atoms with Crippen LogP contribution in [-0.2, 0) is 9.59 Å². The molecule has 0 saturated carbocycles. The van der Waals surface area contributed by atoms with Gasteiger partial charge in [0.25, 0.3) is 0 Å². The van der Waals surface area contributed by atoms with E-state index in [2.05, 4.69) is 0 Å². The molecule has 0 aliphatic heterocycles. The fourth-order valence-electron chi connectivity index (χ4n) is 1.47. The molecule has 0 N–H and O–H groups in total. The van der Waals surface area contributed by atoms with Gasteiger partial charge in [-0.1, -0.05) is 36.4 Å².